The van der Waals surface area contributed by atoms with E-state index in [1.54, 1.807) is 0 Å². The average molecular weight is 261 g/mol. The van der Waals surface area contributed by atoms with Crippen molar-refractivity contribution in [1.82, 2.24) is 19.5 Å². The summed E-state index contributed by atoms with van der Waals surface area (Å²) in [4.78, 5) is 33.3. The van der Waals surface area contributed by atoms with E-state index >= 15 is 0 Å². The molecule has 0 atom stereocenters. The third-order valence-electron chi connectivity index (χ3n) is 2.47. The highest BCUT2D eigenvalue weighted by atomic mass is 16.2. The van der Waals surface area contributed by atoms with Gasteiger partial charge < -0.3 is 5.32 Å². The van der Waals surface area contributed by atoms with Crippen LogP contribution in [0.5, 0.6) is 0 Å². The number of aromatic amines is 1. The van der Waals surface area contributed by atoms with E-state index in [9.17, 15) is 9.59 Å². The highest BCUT2D eigenvalue weighted by Gasteiger charge is 2.04. The summed E-state index contributed by atoms with van der Waals surface area (Å²) in [6, 6.07) is 3.13. The largest absolute Gasteiger partial charge is 0.370 e. The highest BCUT2D eigenvalue weighted by Crippen LogP contribution is 2.06. The second kappa shape index (κ2) is 5.47. The third-order valence-corrected chi connectivity index (χ3v) is 2.47. The molecule has 0 aromatic carbocycles. The van der Waals surface area contributed by atoms with Gasteiger partial charge in [-0.25, -0.2) is 14.8 Å². The lowest BCUT2D eigenvalue weighted by Crippen LogP contribution is -2.29. The molecule has 2 N–H and O–H groups in total. The van der Waals surface area contributed by atoms with Crippen LogP contribution >= 0.6 is 0 Å². The van der Waals surface area contributed by atoms with Gasteiger partial charge >= 0.3 is 5.69 Å². The van der Waals surface area contributed by atoms with Crippen molar-refractivity contribution in [1.29, 1.82) is 0 Å². The van der Waals surface area contributed by atoms with Crippen LogP contribution in [0.3, 0.4) is 0 Å². The lowest BCUT2D eigenvalue weighted by molar-refractivity contribution is 0.683. The van der Waals surface area contributed by atoms with Gasteiger partial charge in [-0.05, 0) is 13.8 Å². The molecule has 0 aliphatic rings. The van der Waals surface area contributed by atoms with E-state index in [-0.39, 0.29) is 6.54 Å². The third kappa shape index (κ3) is 3.27. The molecule has 0 amide bonds. The van der Waals surface area contributed by atoms with Crippen molar-refractivity contribution >= 4 is 5.82 Å². The van der Waals surface area contributed by atoms with Crippen molar-refractivity contribution in [3.63, 3.8) is 0 Å². The van der Waals surface area contributed by atoms with Gasteiger partial charge in [-0.3, -0.25) is 14.3 Å². The van der Waals surface area contributed by atoms with E-state index in [4.69, 9.17) is 0 Å². The molecule has 2 aromatic rings. The number of hydrogen-bond donors (Lipinski definition) is 2. The zero-order chi connectivity index (χ0) is 13.8. The van der Waals surface area contributed by atoms with Crippen LogP contribution in [0.4, 0.5) is 5.82 Å². The first-order valence-electron chi connectivity index (χ1n) is 5.96. The predicted octanol–water partition coefficient (Wildman–Crippen LogP) is 0.115. The SMILES string of the molecule is CCNc1cc(C)nc(Cn2ccc(=O)[nH]c2=O)n1. The zero-order valence-corrected chi connectivity index (χ0v) is 10.8. The number of anilines is 1. The van der Waals surface area contributed by atoms with E-state index in [0.29, 0.717) is 5.82 Å². The summed E-state index contributed by atoms with van der Waals surface area (Å²) in [6.07, 6.45) is 1.43. The molecule has 7 nitrogen and oxygen atoms in total. The molecule has 19 heavy (non-hydrogen) atoms. The Balaban J connectivity index is 2.32. The fourth-order valence-electron chi connectivity index (χ4n) is 1.69. The van der Waals surface area contributed by atoms with Gasteiger partial charge in [0.25, 0.3) is 5.56 Å². The fourth-order valence-corrected chi connectivity index (χ4v) is 1.69. The Kier molecular flexibility index (Phi) is 3.74. The van der Waals surface area contributed by atoms with Crippen LogP contribution in [0.2, 0.25) is 0 Å². The fraction of sp³-hybridized carbons (Fsp3) is 0.333. The van der Waals surface area contributed by atoms with E-state index in [2.05, 4.69) is 20.3 Å². The Morgan fingerprint density at radius 3 is 2.84 bits per heavy atom. The summed E-state index contributed by atoms with van der Waals surface area (Å²) in [5, 5.41) is 3.10. The number of aryl methyl sites for hydroxylation is 1. The van der Waals surface area contributed by atoms with Gasteiger partial charge in [0.1, 0.15) is 5.82 Å². The Hall–Kier alpha value is -2.44. The zero-order valence-electron chi connectivity index (χ0n) is 10.8. The van der Waals surface area contributed by atoms with Crippen molar-refractivity contribution in [2.45, 2.75) is 20.4 Å². The maximum atomic E-state index is 11.6. The molecule has 0 fully saturated rings. The minimum absolute atomic E-state index is 0.218. The van der Waals surface area contributed by atoms with Crippen molar-refractivity contribution in [2.75, 3.05) is 11.9 Å². The van der Waals surface area contributed by atoms with E-state index in [0.717, 1.165) is 18.1 Å². The molecule has 2 heterocycles. The van der Waals surface area contributed by atoms with E-state index < -0.39 is 11.2 Å². The molecule has 0 saturated heterocycles. The first kappa shape index (κ1) is 13.0. The number of aromatic nitrogens is 4. The summed E-state index contributed by atoms with van der Waals surface area (Å²) in [5.74, 6) is 1.24. The predicted molar refractivity (Wildman–Crippen MR) is 71.4 cm³/mol. The lowest BCUT2D eigenvalue weighted by atomic mass is 10.4. The van der Waals surface area contributed by atoms with Crippen molar-refractivity contribution in [2.24, 2.45) is 0 Å². The topological polar surface area (TPSA) is 92.7 Å². The monoisotopic (exact) mass is 261 g/mol. The average Bonchev–Trinajstić information content (AvgIpc) is 2.32. The van der Waals surface area contributed by atoms with E-state index in [1.165, 1.54) is 16.8 Å². The van der Waals surface area contributed by atoms with Crippen LogP contribution < -0.4 is 16.6 Å². The molecule has 100 valence electrons. The number of nitrogens with zero attached hydrogens (tertiary/aromatic N) is 3. The highest BCUT2D eigenvalue weighted by molar-refractivity contribution is 5.35. The molecule has 7 heteroatoms. The van der Waals surface area contributed by atoms with Gasteiger partial charge in [0.05, 0.1) is 6.54 Å². The summed E-state index contributed by atoms with van der Waals surface area (Å²) in [7, 11) is 0. The number of rotatable bonds is 4. The summed E-state index contributed by atoms with van der Waals surface area (Å²) in [6.45, 7) is 4.81. The quantitative estimate of drug-likeness (QED) is 0.815. The molecule has 0 aliphatic heterocycles. The van der Waals surface area contributed by atoms with Gasteiger partial charge in [-0.2, -0.15) is 0 Å². The molecular weight excluding hydrogens is 246 g/mol. The second-order valence-electron chi connectivity index (χ2n) is 4.08. The molecule has 0 spiro atoms. The molecule has 0 bridgehead atoms. The Labute approximate surface area is 109 Å². The Morgan fingerprint density at radius 2 is 2.16 bits per heavy atom. The minimum Gasteiger partial charge on any atom is -0.370 e. The number of H-pyrrole nitrogens is 1. The minimum atomic E-state index is -0.470. The second-order valence-corrected chi connectivity index (χ2v) is 4.08. The molecule has 0 saturated carbocycles. The van der Waals surface area contributed by atoms with Crippen LogP contribution in [-0.2, 0) is 6.54 Å². The maximum absolute atomic E-state index is 11.6. The van der Waals surface area contributed by atoms with Gasteiger partial charge in [0, 0.05) is 30.6 Å². The standard InChI is InChI=1S/C12H15N5O2/c1-3-13-9-6-8(2)14-10(15-9)7-17-5-4-11(18)16-12(17)19/h4-6H,3,7H2,1-2H3,(H,13,14,15)(H,16,18,19). The van der Waals surface area contributed by atoms with Crippen LogP contribution in [0.1, 0.15) is 18.4 Å². The van der Waals surface area contributed by atoms with Gasteiger partial charge in [-0.1, -0.05) is 0 Å². The number of hydrogen-bond acceptors (Lipinski definition) is 5. The lowest BCUT2D eigenvalue weighted by Gasteiger charge is -2.08. The molecule has 2 aromatic heterocycles. The number of nitrogens with one attached hydrogen (secondary N) is 2. The van der Waals surface area contributed by atoms with Crippen LogP contribution in [0.25, 0.3) is 0 Å². The maximum Gasteiger partial charge on any atom is 0.328 e. The Morgan fingerprint density at radius 1 is 1.37 bits per heavy atom. The van der Waals surface area contributed by atoms with Crippen LogP contribution in [-0.4, -0.2) is 26.1 Å². The van der Waals surface area contributed by atoms with Crippen LogP contribution in [0, 0.1) is 6.92 Å². The first-order chi connectivity index (χ1) is 9.08. The van der Waals surface area contributed by atoms with Gasteiger partial charge in [0.15, 0.2) is 5.82 Å². The van der Waals surface area contributed by atoms with E-state index in [1.807, 2.05) is 19.9 Å². The molecular formula is C12H15N5O2. The van der Waals surface area contributed by atoms with Crippen molar-refractivity contribution < 1.29 is 0 Å². The van der Waals surface area contributed by atoms with Crippen molar-refractivity contribution in [3.05, 3.63) is 50.7 Å². The summed E-state index contributed by atoms with van der Waals surface area (Å²) < 4.78 is 1.35. The molecule has 2 rings (SSSR count). The van der Waals surface area contributed by atoms with Crippen LogP contribution in [0.15, 0.2) is 27.9 Å². The molecule has 0 unspecified atom stereocenters. The van der Waals surface area contributed by atoms with Gasteiger partial charge in [0.2, 0.25) is 0 Å². The Bertz CT molecular complexity index is 689. The van der Waals surface area contributed by atoms with Crippen molar-refractivity contribution in [3.8, 4) is 0 Å². The normalized spacial score (nSPS) is 10.4. The first-order valence-corrected chi connectivity index (χ1v) is 5.96. The molecule has 0 aliphatic carbocycles. The molecule has 0 radical (unpaired) electrons. The summed E-state index contributed by atoms with van der Waals surface area (Å²) >= 11 is 0. The van der Waals surface area contributed by atoms with Gasteiger partial charge in [-0.15, -0.1) is 0 Å². The smallest absolute Gasteiger partial charge is 0.328 e. The summed E-state index contributed by atoms with van der Waals surface area (Å²) in [5.41, 5.74) is -0.0687.